The minimum absolute atomic E-state index is 0.0888. The first kappa shape index (κ1) is 15.5. The van der Waals surface area contributed by atoms with Gasteiger partial charge in [0.05, 0.1) is 7.11 Å². The Morgan fingerprint density at radius 2 is 2.00 bits per heavy atom. The van der Waals surface area contributed by atoms with Crippen LogP contribution in [0.2, 0.25) is 0 Å². The van der Waals surface area contributed by atoms with Crippen LogP contribution in [-0.2, 0) is 16.6 Å². The second kappa shape index (κ2) is 6.60. The van der Waals surface area contributed by atoms with Crippen LogP contribution >= 0.6 is 0 Å². The molecule has 1 rings (SSSR count). The molecule has 0 radical (unpaired) electrons. The lowest BCUT2D eigenvalue weighted by Gasteiger charge is -2.21. The van der Waals surface area contributed by atoms with Crippen LogP contribution in [0.5, 0.6) is 5.75 Å². The average molecular weight is 263 g/mol. The van der Waals surface area contributed by atoms with E-state index in [1.165, 1.54) is 5.56 Å². The van der Waals surface area contributed by atoms with E-state index in [1.807, 2.05) is 13.0 Å². The third kappa shape index (κ3) is 4.58. The second-order valence-electron chi connectivity index (χ2n) is 5.73. The summed E-state index contributed by atoms with van der Waals surface area (Å²) in [5.74, 6) is 0.977. The predicted molar refractivity (Wildman–Crippen MR) is 78.7 cm³/mol. The zero-order chi connectivity index (χ0) is 14.5. The van der Waals surface area contributed by atoms with E-state index in [-0.39, 0.29) is 11.3 Å². The van der Waals surface area contributed by atoms with Crippen LogP contribution in [0.4, 0.5) is 0 Å². The first-order valence-electron chi connectivity index (χ1n) is 6.82. The molecule has 0 aromatic heterocycles. The van der Waals surface area contributed by atoms with Gasteiger partial charge in [-0.05, 0) is 29.0 Å². The third-order valence-corrected chi connectivity index (χ3v) is 3.18. The summed E-state index contributed by atoms with van der Waals surface area (Å²) in [5.41, 5.74) is 2.55. The van der Waals surface area contributed by atoms with Crippen LogP contribution in [0.25, 0.3) is 0 Å². The van der Waals surface area contributed by atoms with E-state index in [1.54, 1.807) is 7.11 Å². The zero-order valence-corrected chi connectivity index (χ0v) is 12.7. The zero-order valence-electron chi connectivity index (χ0n) is 12.7. The number of carbonyl (C=O) groups is 1. The van der Waals surface area contributed by atoms with Crippen LogP contribution in [0, 0.1) is 0 Å². The summed E-state index contributed by atoms with van der Waals surface area (Å²) >= 11 is 0. The molecule has 106 valence electrons. The molecule has 1 aromatic carbocycles. The van der Waals surface area contributed by atoms with Crippen molar-refractivity contribution in [2.45, 2.75) is 46.0 Å². The molecule has 0 aliphatic heterocycles. The van der Waals surface area contributed by atoms with Crippen molar-refractivity contribution >= 4 is 5.91 Å². The van der Waals surface area contributed by atoms with Gasteiger partial charge in [-0.3, -0.25) is 4.79 Å². The highest BCUT2D eigenvalue weighted by atomic mass is 16.5. The van der Waals surface area contributed by atoms with E-state index in [2.05, 4.69) is 38.2 Å². The number of methoxy groups -OCH3 is 1. The molecule has 0 aliphatic carbocycles. The molecule has 0 saturated heterocycles. The summed E-state index contributed by atoms with van der Waals surface area (Å²) in [6.07, 6.45) is 1.32. The molecule has 3 heteroatoms. The Labute approximate surface area is 116 Å². The molecule has 1 amide bonds. The van der Waals surface area contributed by atoms with Crippen molar-refractivity contribution in [1.29, 1.82) is 0 Å². The van der Waals surface area contributed by atoms with E-state index in [9.17, 15) is 4.79 Å². The largest absolute Gasteiger partial charge is 0.496 e. The lowest BCUT2D eigenvalue weighted by atomic mass is 9.85. The Hall–Kier alpha value is -1.51. The molecule has 0 aliphatic rings. The highest BCUT2D eigenvalue weighted by Crippen LogP contribution is 2.28. The van der Waals surface area contributed by atoms with Crippen molar-refractivity contribution in [3.8, 4) is 5.75 Å². The molecule has 0 fully saturated rings. The van der Waals surface area contributed by atoms with E-state index in [4.69, 9.17) is 4.74 Å². The first-order chi connectivity index (χ1) is 8.88. The maximum absolute atomic E-state index is 11.2. The van der Waals surface area contributed by atoms with Crippen molar-refractivity contribution in [2.24, 2.45) is 0 Å². The molecule has 19 heavy (non-hydrogen) atoms. The number of nitrogens with one attached hydrogen (secondary N) is 1. The van der Waals surface area contributed by atoms with Crippen molar-refractivity contribution in [2.75, 3.05) is 13.7 Å². The fraction of sp³-hybridized carbons (Fsp3) is 0.562. The fourth-order valence-electron chi connectivity index (χ4n) is 1.90. The molecule has 0 unspecified atom stereocenters. The van der Waals surface area contributed by atoms with E-state index in [0.717, 1.165) is 17.7 Å². The summed E-state index contributed by atoms with van der Waals surface area (Å²) in [6, 6.07) is 6.29. The Morgan fingerprint density at radius 3 is 2.53 bits per heavy atom. The molecule has 3 nitrogen and oxygen atoms in total. The quantitative estimate of drug-likeness (QED) is 0.886. The van der Waals surface area contributed by atoms with E-state index >= 15 is 0 Å². The number of ether oxygens (including phenoxy) is 1. The molecule has 0 bridgehead atoms. The summed E-state index contributed by atoms with van der Waals surface area (Å²) in [7, 11) is 1.68. The fourth-order valence-corrected chi connectivity index (χ4v) is 1.90. The smallest absolute Gasteiger partial charge is 0.219 e. The number of amides is 1. The summed E-state index contributed by atoms with van der Waals surface area (Å²) < 4.78 is 5.38. The van der Waals surface area contributed by atoms with Gasteiger partial charge in [-0.1, -0.05) is 39.8 Å². The molecule has 1 aromatic rings. The Bertz CT molecular complexity index is 433. The monoisotopic (exact) mass is 263 g/mol. The van der Waals surface area contributed by atoms with Gasteiger partial charge in [0.25, 0.3) is 0 Å². The summed E-state index contributed by atoms with van der Waals surface area (Å²) in [4.78, 5) is 11.2. The highest BCUT2D eigenvalue weighted by Gasteiger charge is 2.15. The number of hydrogen-bond acceptors (Lipinski definition) is 2. The molecule has 0 heterocycles. The second-order valence-corrected chi connectivity index (χ2v) is 5.73. The Balaban J connectivity index is 2.82. The Kier molecular flexibility index (Phi) is 5.40. The number of benzene rings is 1. The van der Waals surface area contributed by atoms with Crippen LogP contribution in [0.15, 0.2) is 18.2 Å². The van der Waals surface area contributed by atoms with Crippen molar-refractivity contribution in [1.82, 2.24) is 5.32 Å². The highest BCUT2D eigenvalue weighted by molar-refractivity contribution is 5.75. The van der Waals surface area contributed by atoms with Crippen LogP contribution in [-0.4, -0.2) is 19.6 Å². The van der Waals surface area contributed by atoms with Gasteiger partial charge in [0, 0.05) is 13.0 Å². The third-order valence-electron chi connectivity index (χ3n) is 3.18. The van der Waals surface area contributed by atoms with E-state index in [0.29, 0.717) is 13.0 Å². The predicted octanol–water partition coefficient (Wildman–Crippen LogP) is 3.06. The van der Waals surface area contributed by atoms with Crippen LogP contribution in [0.3, 0.4) is 0 Å². The minimum atomic E-state index is 0.0888. The molecule has 0 atom stereocenters. The van der Waals surface area contributed by atoms with Crippen LogP contribution < -0.4 is 10.1 Å². The first-order valence-corrected chi connectivity index (χ1v) is 6.82. The maximum atomic E-state index is 11.2. The normalized spacial score (nSPS) is 11.2. The number of rotatable bonds is 5. The molecule has 0 saturated carbocycles. The molecular weight excluding hydrogens is 238 g/mol. The van der Waals surface area contributed by atoms with Crippen molar-refractivity contribution < 1.29 is 9.53 Å². The van der Waals surface area contributed by atoms with Crippen molar-refractivity contribution in [3.63, 3.8) is 0 Å². The maximum Gasteiger partial charge on any atom is 0.219 e. The topological polar surface area (TPSA) is 38.3 Å². The minimum Gasteiger partial charge on any atom is -0.496 e. The van der Waals surface area contributed by atoms with Gasteiger partial charge in [0.2, 0.25) is 5.91 Å². The summed E-state index contributed by atoms with van der Waals surface area (Å²) in [6.45, 7) is 9.08. The van der Waals surface area contributed by atoms with Gasteiger partial charge in [-0.25, -0.2) is 0 Å². The van der Waals surface area contributed by atoms with Crippen molar-refractivity contribution in [3.05, 3.63) is 29.3 Å². The van der Waals surface area contributed by atoms with Gasteiger partial charge < -0.3 is 10.1 Å². The molecular formula is C16H25NO2. The number of carbonyl (C=O) groups excluding carboxylic acids is 1. The lowest BCUT2D eigenvalue weighted by Crippen LogP contribution is -2.24. The van der Waals surface area contributed by atoms with Gasteiger partial charge in [0.15, 0.2) is 0 Å². The SMILES string of the molecule is CCC(=O)NCCc1cc(C(C)(C)C)ccc1OC. The summed E-state index contributed by atoms with van der Waals surface area (Å²) in [5, 5.41) is 2.90. The van der Waals surface area contributed by atoms with Gasteiger partial charge in [0.1, 0.15) is 5.75 Å². The van der Waals surface area contributed by atoms with Gasteiger partial charge in [-0.2, -0.15) is 0 Å². The van der Waals surface area contributed by atoms with Crippen LogP contribution in [0.1, 0.15) is 45.2 Å². The average Bonchev–Trinajstić information content (AvgIpc) is 2.37. The Morgan fingerprint density at radius 1 is 1.32 bits per heavy atom. The van der Waals surface area contributed by atoms with Gasteiger partial charge in [-0.15, -0.1) is 0 Å². The van der Waals surface area contributed by atoms with E-state index < -0.39 is 0 Å². The molecule has 0 spiro atoms. The standard InChI is InChI=1S/C16H25NO2/c1-6-15(18)17-10-9-12-11-13(16(2,3)4)7-8-14(12)19-5/h7-8,11H,6,9-10H2,1-5H3,(H,17,18). The molecule has 1 N–H and O–H groups in total. The number of hydrogen-bond donors (Lipinski definition) is 1. The van der Waals surface area contributed by atoms with Gasteiger partial charge >= 0.3 is 0 Å². The lowest BCUT2D eigenvalue weighted by molar-refractivity contribution is -0.120.